The molecule has 4 N–H and O–H groups in total. The molecular weight excluding hydrogens is 922 g/mol. The Morgan fingerprint density at radius 1 is 0.500 bits per heavy atom. The third-order valence-corrected chi connectivity index (χ3v) is 12.3. The minimum atomic E-state index is -0.586. The quantitative estimate of drug-likeness (QED) is 0.0858. The van der Waals surface area contributed by atoms with E-state index >= 15 is 0 Å². The van der Waals surface area contributed by atoms with Crippen LogP contribution >= 0.6 is 46.4 Å². The highest BCUT2D eigenvalue weighted by Crippen LogP contribution is 2.47. The van der Waals surface area contributed by atoms with Crippen molar-refractivity contribution >= 4 is 130 Å². The molecule has 17 heteroatoms. The maximum Gasteiger partial charge on any atom is 0.232 e. The summed E-state index contributed by atoms with van der Waals surface area (Å²) in [6.45, 7) is 0. The van der Waals surface area contributed by atoms with Crippen LogP contribution in [-0.4, -0.2) is 47.5 Å². The summed E-state index contributed by atoms with van der Waals surface area (Å²) in [5.74, 6) is -2.45. The number of carbonyl (C=O) groups is 3. The number of benzene rings is 8. The highest BCUT2D eigenvalue weighted by Gasteiger charge is 2.30. The number of nitrogens with one attached hydrogen (secondary N) is 2. The van der Waals surface area contributed by atoms with Gasteiger partial charge in [-0.05, 0) is 94.7 Å². The molecule has 13 nitrogen and oxygen atoms in total. The Labute approximate surface area is 391 Å². The van der Waals surface area contributed by atoms with Crippen LogP contribution in [0.15, 0.2) is 142 Å². The number of H-pyrrole nitrogens is 2. The molecule has 2 aromatic heterocycles. The number of halogens is 4. The topological polar surface area (TPSA) is 198 Å². The molecule has 0 aliphatic heterocycles. The lowest BCUT2D eigenvalue weighted by Crippen LogP contribution is -2.04. The summed E-state index contributed by atoms with van der Waals surface area (Å²) >= 11 is 25.8. The maximum absolute atomic E-state index is 14.1. The smallest absolute Gasteiger partial charge is 0.232 e. The Balaban J connectivity index is 0.919. The van der Waals surface area contributed by atoms with Gasteiger partial charge in [0.2, 0.25) is 11.6 Å². The molecule has 0 saturated heterocycles. The van der Waals surface area contributed by atoms with Gasteiger partial charge in [0.1, 0.15) is 22.7 Å². The fourth-order valence-corrected chi connectivity index (χ4v) is 8.80. The molecule has 0 atom stereocenters. The predicted octanol–water partition coefficient (Wildman–Crippen LogP) is 14.3. The Hall–Kier alpha value is -7.81. The fourth-order valence-electron chi connectivity index (χ4n) is 8.06. The van der Waals surface area contributed by atoms with E-state index < -0.39 is 23.1 Å². The number of phenols is 2. The molecule has 8 aromatic carbocycles. The zero-order valence-corrected chi connectivity index (χ0v) is 36.4. The van der Waals surface area contributed by atoms with E-state index in [1.807, 2.05) is 0 Å². The Kier molecular flexibility index (Phi) is 9.75. The zero-order valence-electron chi connectivity index (χ0n) is 33.4. The number of fused-ring (bicyclic) bond motifs is 7. The van der Waals surface area contributed by atoms with Crippen molar-refractivity contribution < 1.29 is 24.6 Å². The molecule has 1 aliphatic carbocycles. The van der Waals surface area contributed by atoms with Gasteiger partial charge in [0.05, 0.1) is 43.2 Å². The Morgan fingerprint density at radius 2 is 0.924 bits per heavy atom. The third kappa shape index (κ3) is 6.84. The predicted molar refractivity (Wildman–Crippen MR) is 254 cm³/mol. The van der Waals surface area contributed by atoms with E-state index in [2.05, 4.69) is 40.4 Å². The van der Waals surface area contributed by atoms with Gasteiger partial charge in [-0.25, -0.2) is 9.97 Å². The van der Waals surface area contributed by atoms with E-state index in [1.54, 1.807) is 109 Å². The molecule has 2 heterocycles. The first-order valence-electron chi connectivity index (χ1n) is 19.8. The van der Waals surface area contributed by atoms with Gasteiger partial charge in [0, 0.05) is 31.9 Å². The van der Waals surface area contributed by atoms with Gasteiger partial charge >= 0.3 is 0 Å². The van der Waals surface area contributed by atoms with Crippen LogP contribution in [0.5, 0.6) is 11.5 Å². The molecule has 0 bridgehead atoms. The fraction of sp³-hybridized carbons (Fsp3) is 0. The van der Waals surface area contributed by atoms with Crippen LogP contribution in [0.1, 0.15) is 48.3 Å². The van der Waals surface area contributed by atoms with Crippen LogP contribution in [-0.2, 0) is 0 Å². The van der Waals surface area contributed by atoms with Crippen molar-refractivity contribution in [3.63, 3.8) is 0 Å². The summed E-state index contributed by atoms with van der Waals surface area (Å²) < 4.78 is 0. The van der Waals surface area contributed by atoms with E-state index in [4.69, 9.17) is 46.4 Å². The molecule has 318 valence electrons. The molecule has 0 amide bonds. The summed E-state index contributed by atoms with van der Waals surface area (Å²) in [4.78, 5) is 56.4. The van der Waals surface area contributed by atoms with Crippen LogP contribution < -0.4 is 0 Å². The largest absolute Gasteiger partial charge is 0.505 e. The second-order valence-corrected chi connectivity index (χ2v) is 17.0. The van der Waals surface area contributed by atoms with Crippen LogP contribution in [0.3, 0.4) is 0 Å². The second kappa shape index (κ2) is 15.7. The minimum absolute atomic E-state index is 0.00261. The summed E-state index contributed by atoms with van der Waals surface area (Å²) in [6, 6.07) is 33.3. The number of nitrogens with zero attached hydrogens (tertiary/aromatic N) is 6. The van der Waals surface area contributed by atoms with Gasteiger partial charge in [-0.15, -0.1) is 20.5 Å². The maximum atomic E-state index is 14.1. The number of rotatable bonds is 8. The van der Waals surface area contributed by atoms with Gasteiger partial charge in [0.15, 0.2) is 28.9 Å². The molecule has 1 aliphatic rings. The first-order valence-corrected chi connectivity index (χ1v) is 21.4. The molecule has 0 unspecified atom stereocenters. The van der Waals surface area contributed by atoms with E-state index in [-0.39, 0.29) is 72.5 Å². The molecule has 0 spiro atoms. The van der Waals surface area contributed by atoms with E-state index in [1.165, 1.54) is 12.1 Å². The molecule has 0 radical (unpaired) electrons. The number of aromatic hydroxyl groups is 2. The van der Waals surface area contributed by atoms with Crippen molar-refractivity contribution in [3.8, 4) is 22.6 Å². The van der Waals surface area contributed by atoms with Crippen molar-refractivity contribution in [1.82, 2.24) is 19.9 Å². The first kappa shape index (κ1) is 40.9. The highest BCUT2D eigenvalue weighted by molar-refractivity contribution is 6.36. The number of ketones is 3. The van der Waals surface area contributed by atoms with Crippen molar-refractivity contribution in [2.45, 2.75) is 0 Å². The Bertz CT molecular complexity index is 3630. The van der Waals surface area contributed by atoms with Crippen LogP contribution in [0.4, 0.5) is 22.7 Å². The lowest BCUT2D eigenvalue weighted by atomic mass is 10.0. The number of aromatic nitrogens is 4. The van der Waals surface area contributed by atoms with E-state index in [0.717, 1.165) is 0 Å². The van der Waals surface area contributed by atoms with E-state index in [9.17, 15) is 24.6 Å². The summed E-state index contributed by atoms with van der Waals surface area (Å²) in [6.07, 6.45) is 0. The molecular formula is C49H24Cl4N8O5. The monoisotopic (exact) mass is 944 g/mol. The zero-order chi connectivity index (χ0) is 45.5. The third-order valence-electron chi connectivity index (χ3n) is 11.3. The number of phenolic OH excluding ortho intramolecular Hbond substituents is 2. The van der Waals surface area contributed by atoms with Gasteiger partial charge in [0.25, 0.3) is 0 Å². The van der Waals surface area contributed by atoms with Gasteiger partial charge < -0.3 is 20.2 Å². The lowest BCUT2D eigenvalue weighted by molar-refractivity contribution is 0.102. The summed E-state index contributed by atoms with van der Waals surface area (Å²) in [5.41, 5.74) is 3.69. The highest BCUT2D eigenvalue weighted by atomic mass is 35.5. The number of carbonyl (C=O) groups excluding carboxylic acids is 3. The molecule has 10 aromatic rings. The number of azo groups is 2. The summed E-state index contributed by atoms with van der Waals surface area (Å²) in [7, 11) is 0. The molecule has 11 rings (SSSR count). The minimum Gasteiger partial charge on any atom is -0.505 e. The number of aromatic amines is 2. The molecule has 0 saturated carbocycles. The number of imidazole rings is 2. The van der Waals surface area contributed by atoms with Gasteiger partial charge in [-0.3, -0.25) is 14.4 Å². The van der Waals surface area contributed by atoms with Gasteiger partial charge in [-0.2, -0.15) is 0 Å². The first-order chi connectivity index (χ1) is 31.9. The second-order valence-electron chi connectivity index (χ2n) is 15.3. The lowest BCUT2D eigenvalue weighted by Gasteiger charge is -2.09. The normalized spacial score (nSPS) is 12.4. The average Bonchev–Trinajstić information content (AvgIpc) is 4.01. The van der Waals surface area contributed by atoms with Gasteiger partial charge in [-0.1, -0.05) is 94.9 Å². The van der Waals surface area contributed by atoms with Crippen molar-refractivity contribution in [1.29, 1.82) is 0 Å². The van der Waals surface area contributed by atoms with Crippen LogP contribution in [0.2, 0.25) is 20.1 Å². The van der Waals surface area contributed by atoms with Crippen LogP contribution in [0, 0.1) is 0 Å². The number of hydrogen-bond acceptors (Lipinski definition) is 11. The van der Waals surface area contributed by atoms with Crippen molar-refractivity contribution in [2.24, 2.45) is 20.5 Å². The van der Waals surface area contributed by atoms with Crippen molar-refractivity contribution in [3.05, 3.63) is 175 Å². The van der Waals surface area contributed by atoms with Crippen molar-refractivity contribution in [2.75, 3.05) is 0 Å². The molecule has 0 fully saturated rings. The average molecular weight is 947 g/mol. The van der Waals surface area contributed by atoms with E-state index in [0.29, 0.717) is 64.8 Å². The summed E-state index contributed by atoms with van der Waals surface area (Å²) in [5, 5.41) is 44.0. The SMILES string of the molecule is O=C1c2cc(N=Nc3c(O)c(C(=O)c4nc5cc(Cl)ccc5[nH]4)cc4ccccc34)c(Cl)cc2-c2cc(Cl)c(N=Nc3c(O)c(C(=O)c4nc5cc(Cl)ccc5[nH]4)cc4ccccc34)cc21. The standard InChI is InChI=1S/C49H24Cl4N8O5/c50-23-9-11-35-39(15-23)56-48(54-35)46(65)31-13-21-5-1-3-7-25(21)41(44(31)63)60-58-37-19-29-27(17-33(37)52)28-18-34(53)38(20-30(28)43(29)62)59-61-42-26-8-4-2-6-22(26)14-32(45(42)64)47(66)49-55-36-12-10-24(51)16-40(36)57-49/h1-20,63-64H,(H,54,56)(H,55,57). The Morgan fingerprint density at radius 3 is 1.36 bits per heavy atom. The van der Waals surface area contributed by atoms with Crippen LogP contribution in [0.25, 0.3) is 54.7 Å². The number of hydrogen-bond donors (Lipinski definition) is 4. The molecule has 66 heavy (non-hydrogen) atoms.